The van der Waals surface area contributed by atoms with Gasteiger partial charge in [0.05, 0.1) is 5.69 Å². The second-order valence-electron chi connectivity index (χ2n) is 5.16. The molecule has 2 aromatic rings. The molecule has 0 fully saturated rings. The van der Waals surface area contributed by atoms with Crippen LogP contribution in [0.5, 0.6) is 0 Å². The molecule has 0 unspecified atom stereocenters. The van der Waals surface area contributed by atoms with E-state index < -0.39 is 0 Å². The van der Waals surface area contributed by atoms with Crippen molar-refractivity contribution in [3.63, 3.8) is 0 Å². The fourth-order valence-electron chi connectivity index (χ4n) is 2.48. The number of hydrogen-bond donors (Lipinski definition) is 1. The molecule has 21 heavy (non-hydrogen) atoms. The predicted octanol–water partition coefficient (Wildman–Crippen LogP) is 3.31. The number of halogens is 1. The Morgan fingerprint density at radius 3 is 3.14 bits per heavy atom. The van der Waals surface area contributed by atoms with Crippen LogP contribution in [-0.2, 0) is 24.3 Å². The van der Waals surface area contributed by atoms with E-state index in [1.165, 1.54) is 17.4 Å². The maximum atomic E-state index is 11.1. The van der Waals surface area contributed by atoms with Gasteiger partial charge < -0.3 is 5.32 Å². The average Bonchev–Trinajstić information content (AvgIpc) is 2.79. The Balaban J connectivity index is 1.69. The number of nitrogens with zero attached hydrogens (tertiary/aromatic N) is 2. The van der Waals surface area contributed by atoms with E-state index in [0.717, 1.165) is 36.8 Å². The zero-order valence-corrected chi connectivity index (χ0v) is 13.3. The van der Waals surface area contributed by atoms with Crippen LogP contribution in [0.2, 0.25) is 5.02 Å². The summed E-state index contributed by atoms with van der Waals surface area (Å²) in [6, 6.07) is 7.97. The van der Waals surface area contributed by atoms with E-state index in [2.05, 4.69) is 21.3 Å². The van der Waals surface area contributed by atoms with Crippen molar-refractivity contribution in [2.45, 2.75) is 26.4 Å². The highest BCUT2D eigenvalue weighted by atomic mass is 35.5. The van der Waals surface area contributed by atoms with E-state index in [9.17, 15) is 4.79 Å². The summed E-state index contributed by atoms with van der Waals surface area (Å²) in [6.07, 6.45) is 0.923. The van der Waals surface area contributed by atoms with Crippen molar-refractivity contribution < 1.29 is 4.79 Å². The molecule has 0 spiro atoms. The number of fused-ring (bicyclic) bond motifs is 1. The normalized spacial score (nSPS) is 14.8. The minimum Gasteiger partial charge on any atom is -0.302 e. The minimum absolute atomic E-state index is 0.0723. The van der Waals surface area contributed by atoms with Crippen molar-refractivity contribution in [1.82, 2.24) is 9.88 Å². The van der Waals surface area contributed by atoms with Gasteiger partial charge >= 0.3 is 0 Å². The number of hydrogen-bond acceptors (Lipinski definition) is 4. The molecule has 0 radical (unpaired) electrons. The SMILES string of the molecule is CC(=O)Nc1nc2c(s1)CN(Cc1cccc(Cl)c1)CC2. The molecule has 1 aromatic carbocycles. The molecule has 3 rings (SSSR count). The molecule has 2 heterocycles. The van der Waals surface area contributed by atoms with Gasteiger partial charge in [0.15, 0.2) is 5.13 Å². The largest absolute Gasteiger partial charge is 0.302 e. The van der Waals surface area contributed by atoms with Crippen molar-refractivity contribution in [1.29, 1.82) is 0 Å². The minimum atomic E-state index is -0.0723. The fraction of sp³-hybridized carbons (Fsp3) is 0.333. The number of anilines is 1. The van der Waals surface area contributed by atoms with Crippen molar-refractivity contribution >= 4 is 34.0 Å². The Morgan fingerprint density at radius 2 is 2.38 bits per heavy atom. The van der Waals surface area contributed by atoms with Gasteiger partial charge in [-0.15, -0.1) is 11.3 Å². The first kappa shape index (κ1) is 14.5. The smallest absolute Gasteiger partial charge is 0.223 e. The average molecular weight is 322 g/mol. The van der Waals surface area contributed by atoms with Crippen LogP contribution in [0.4, 0.5) is 5.13 Å². The topological polar surface area (TPSA) is 45.2 Å². The van der Waals surface area contributed by atoms with Gasteiger partial charge in [-0.2, -0.15) is 0 Å². The molecular formula is C15H16ClN3OS. The number of rotatable bonds is 3. The Kier molecular flexibility index (Phi) is 4.24. The van der Waals surface area contributed by atoms with Crippen molar-refractivity contribution in [2.24, 2.45) is 0 Å². The van der Waals surface area contributed by atoms with Crippen LogP contribution < -0.4 is 5.32 Å². The number of carbonyl (C=O) groups is 1. The molecule has 1 aliphatic rings. The molecule has 0 bridgehead atoms. The number of amides is 1. The van der Waals surface area contributed by atoms with Gasteiger partial charge in [-0.25, -0.2) is 4.98 Å². The molecule has 110 valence electrons. The van der Waals surface area contributed by atoms with Crippen LogP contribution in [0.3, 0.4) is 0 Å². The highest BCUT2D eigenvalue weighted by Crippen LogP contribution is 2.29. The molecule has 4 nitrogen and oxygen atoms in total. The lowest BCUT2D eigenvalue weighted by molar-refractivity contribution is -0.114. The van der Waals surface area contributed by atoms with Crippen molar-refractivity contribution in [2.75, 3.05) is 11.9 Å². The lowest BCUT2D eigenvalue weighted by atomic mass is 10.1. The molecule has 0 atom stereocenters. The fourth-order valence-corrected chi connectivity index (χ4v) is 3.79. The number of nitrogens with one attached hydrogen (secondary N) is 1. The number of carbonyl (C=O) groups excluding carboxylic acids is 1. The quantitative estimate of drug-likeness (QED) is 0.943. The predicted molar refractivity (Wildman–Crippen MR) is 85.7 cm³/mol. The van der Waals surface area contributed by atoms with Crippen LogP contribution in [0.1, 0.15) is 23.1 Å². The summed E-state index contributed by atoms with van der Waals surface area (Å²) < 4.78 is 0. The standard InChI is InChI=1S/C15H16ClN3OS/c1-10(20)17-15-18-13-5-6-19(9-14(13)21-15)8-11-3-2-4-12(16)7-11/h2-4,7H,5-6,8-9H2,1H3,(H,17,18,20). The molecular weight excluding hydrogens is 306 g/mol. The van der Waals surface area contributed by atoms with Gasteiger partial charge in [0.25, 0.3) is 0 Å². The Bertz CT molecular complexity index is 671. The third-order valence-electron chi connectivity index (χ3n) is 3.39. The van der Waals surface area contributed by atoms with Crippen LogP contribution in [0.25, 0.3) is 0 Å². The number of aromatic nitrogens is 1. The summed E-state index contributed by atoms with van der Waals surface area (Å²) >= 11 is 7.60. The molecule has 1 aromatic heterocycles. The lowest BCUT2D eigenvalue weighted by Crippen LogP contribution is -2.29. The maximum Gasteiger partial charge on any atom is 0.223 e. The second kappa shape index (κ2) is 6.13. The van der Waals surface area contributed by atoms with Gasteiger partial charge in [0.1, 0.15) is 0 Å². The monoisotopic (exact) mass is 321 g/mol. The van der Waals surface area contributed by atoms with Crippen LogP contribution in [0.15, 0.2) is 24.3 Å². The summed E-state index contributed by atoms with van der Waals surface area (Å²) in [4.78, 5) is 19.2. The van der Waals surface area contributed by atoms with E-state index in [-0.39, 0.29) is 5.91 Å². The number of thiazole rings is 1. The molecule has 1 amide bonds. The van der Waals surface area contributed by atoms with Gasteiger partial charge in [-0.05, 0) is 17.7 Å². The van der Waals surface area contributed by atoms with E-state index in [1.54, 1.807) is 11.3 Å². The highest BCUT2D eigenvalue weighted by Gasteiger charge is 2.21. The first-order chi connectivity index (χ1) is 10.1. The van der Waals surface area contributed by atoms with Gasteiger partial charge in [0.2, 0.25) is 5.91 Å². The van der Waals surface area contributed by atoms with Gasteiger partial charge in [-0.3, -0.25) is 9.69 Å². The molecule has 6 heteroatoms. The summed E-state index contributed by atoms with van der Waals surface area (Å²) in [7, 11) is 0. The molecule has 1 N–H and O–H groups in total. The Hall–Kier alpha value is -1.43. The van der Waals surface area contributed by atoms with E-state index in [4.69, 9.17) is 11.6 Å². The summed E-state index contributed by atoms with van der Waals surface area (Å²) in [5.41, 5.74) is 2.34. The van der Waals surface area contributed by atoms with E-state index >= 15 is 0 Å². The molecule has 0 saturated carbocycles. The first-order valence-corrected chi connectivity index (χ1v) is 8.02. The summed E-state index contributed by atoms with van der Waals surface area (Å²) in [5.74, 6) is -0.0723. The Morgan fingerprint density at radius 1 is 1.52 bits per heavy atom. The highest BCUT2D eigenvalue weighted by molar-refractivity contribution is 7.15. The first-order valence-electron chi connectivity index (χ1n) is 6.83. The third kappa shape index (κ3) is 3.61. The zero-order valence-electron chi connectivity index (χ0n) is 11.7. The van der Waals surface area contributed by atoms with E-state index in [1.807, 2.05) is 18.2 Å². The lowest BCUT2D eigenvalue weighted by Gasteiger charge is -2.25. The van der Waals surface area contributed by atoms with Crippen LogP contribution >= 0.6 is 22.9 Å². The summed E-state index contributed by atoms with van der Waals surface area (Å²) in [6.45, 7) is 4.24. The molecule has 0 saturated heterocycles. The van der Waals surface area contributed by atoms with E-state index in [0.29, 0.717) is 5.13 Å². The Labute approximate surface area is 132 Å². The van der Waals surface area contributed by atoms with Crippen molar-refractivity contribution in [3.8, 4) is 0 Å². The number of benzene rings is 1. The van der Waals surface area contributed by atoms with Crippen LogP contribution in [-0.4, -0.2) is 22.3 Å². The summed E-state index contributed by atoms with van der Waals surface area (Å²) in [5, 5.41) is 4.25. The van der Waals surface area contributed by atoms with Crippen molar-refractivity contribution in [3.05, 3.63) is 45.4 Å². The van der Waals surface area contributed by atoms with Gasteiger partial charge in [0, 0.05) is 42.9 Å². The molecule has 1 aliphatic heterocycles. The van der Waals surface area contributed by atoms with Gasteiger partial charge in [-0.1, -0.05) is 23.7 Å². The third-order valence-corrected chi connectivity index (χ3v) is 4.62. The van der Waals surface area contributed by atoms with Crippen LogP contribution in [0, 0.1) is 0 Å². The second-order valence-corrected chi connectivity index (χ2v) is 6.68. The zero-order chi connectivity index (χ0) is 14.8. The molecule has 0 aliphatic carbocycles. The maximum absolute atomic E-state index is 11.1.